The fraction of sp³-hybridized carbons (Fsp3) is 0.625. The Labute approximate surface area is 74.3 Å². The van der Waals surface area contributed by atoms with Crippen LogP contribution in [-0.4, -0.2) is 4.57 Å². The minimum absolute atomic E-state index is 0. The molecule has 1 aromatic rings. The fourth-order valence-corrected chi connectivity index (χ4v) is 0.941. The van der Waals surface area contributed by atoms with Crippen LogP contribution in [0.2, 0.25) is 0 Å². The average molecular weight is 175 g/mol. The van der Waals surface area contributed by atoms with E-state index in [4.69, 9.17) is 0 Å². The van der Waals surface area contributed by atoms with Crippen molar-refractivity contribution in [1.29, 1.82) is 0 Å². The smallest absolute Gasteiger partial charge is 0.243 e. The molecule has 1 atom stereocenters. The maximum absolute atomic E-state index is 2.22. The molecule has 64 valence electrons. The molecule has 1 rings (SSSR count). The van der Waals surface area contributed by atoms with Gasteiger partial charge in [0, 0.05) is 0 Å². The zero-order chi connectivity index (χ0) is 7.56. The third-order valence-corrected chi connectivity index (χ3v) is 1.89. The van der Waals surface area contributed by atoms with Crippen molar-refractivity contribution < 1.29 is 17.0 Å². The molecule has 11 heavy (non-hydrogen) atoms. The van der Waals surface area contributed by atoms with Gasteiger partial charge in [0.05, 0.1) is 13.1 Å². The first-order valence-electron chi connectivity index (χ1n) is 3.76. The van der Waals surface area contributed by atoms with Gasteiger partial charge < -0.3 is 12.4 Å². The molecule has 0 saturated heterocycles. The number of imidazole rings is 1. The molecule has 0 fully saturated rings. The molecule has 0 N–H and O–H groups in total. The summed E-state index contributed by atoms with van der Waals surface area (Å²) in [5, 5.41) is 0. The summed E-state index contributed by atoms with van der Waals surface area (Å²) in [6.07, 6.45) is 7.46. The van der Waals surface area contributed by atoms with E-state index in [1.165, 1.54) is 6.42 Å². The summed E-state index contributed by atoms with van der Waals surface area (Å²) < 4.78 is 4.28. The Morgan fingerprint density at radius 2 is 2.18 bits per heavy atom. The molecule has 0 aromatic carbocycles. The Morgan fingerprint density at radius 1 is 1.55 bits per heavy atom. The number of rotatable bonds is 2. The summed E-state index contributed by atoms with van der Waals surface area (Å²) in [6, 6.07) is 0.626. The van der Waals surface area contributed by atoms with E-state index in [1.807, 2.05) is 7.05 Å². The summed E-state index contributed by atoms with van der Waals surface area (Å²) in [6.45, 7) is 4.42. The number of aromatic nitrogens is 2. The summed E-state index contributed by atoms with van der Waals surface area (Å²) in [5.74, 6) is 0. The predicted octanol–water partition coefficient (Wildman–Crippen LogP) is -1.71. The Balaban J connectivity index is 0.000001000. The van der Waals surface area contributed by atoms with Crippen molar-refractivity contribution in [2.24, 2.45) is 7.05 Å². The van der Waals surface area contributed by atoms with Gasteiger partial charge in [-0.2, -0.15) is 0 Å². The predicted molar refractivity (Wildman–Crippen MR) is 40.6 cm³/mol. The summed E-state index contributed by atoms with van der Waals surface area (Å²) in [4.78, 5) is 0. The highest BCUT2D eigenvalue weighted by molar-refractivity contribution is 4.71. The van der Waals surface area contributed by atoms with Gasteiger partial charge in [-0.05, 0) is 13.3 Å². The van der Waals surface area contributed by atoms with Crippen LogP contribution in [0.25, 0.3) is 0 Å². The largest absolute Gasteiger partial charge is 1.00 e. The molecule has 0 aliphatic rings. The molecule has 2 nitrogen and oxygen atoms in total. The molecule has 0 aliphatic heterocycles. The molecule has 0 aliphatic carbocycles. The lowest BCUT2D eigenvalue weighted by Crippen LogP contribution is -3.00. The van der Waals surface area contributed by atoms with Crippen molar-refractivity contribution in [1.82, 2.24) is 4.57 Å². The van der Waals surface area contributed by atoms with E-state index < -0.39 is 0 Å². The minimum atomic E-state index is 0. The molecule has 0 radical (unpaired) electrons. The van der Waals surface area contributed by atoms with Crippen molar-refractivity contribution in [3.05, 3.63) is 18.7 Å². The van der Waals surface area contributed by atoms with Gasteiger partial charge >= 0.3 is 0 Å². The topological polar surface area (TPSA) is 8.81 Å². The molecule has 0 bridgehead atoms. The van der Waals surface area contributed by atoms with Crippen molar-refractivity contribution >= 4 is 0 Å². The van der Waals surface area contributed by atoms with E-state index in [0.29, 0.717) is 6.04 Å². The van der Waals surface area contributed by atoms with E-state index >= 15 is 0 Å². The Kier molecular flexibility index (Phi) is 4.19. The van der Waals surface area contributed by atoms with Crippen LogP contribution in [0.1, 0.15) is 26.3 Å². The highest BCUT2D eigenvalue weighted by atomic mass is 35.5. The highest BCUT2D eigenvalue weighted by Crippen LogP contribution is 2.06. The third kappa shape index (κ3) is 2.54. The van der Waals surface area contributed by atoms with Gasteiger partial charge in [0.1, 0.15) is 12.4 Å². The van der Waals surface area contributed by atoms with Crippen LogP contribution in [-0.2, 0) is 7.05 Å². The molecule has 1 unspecified atom stereocenters. The summed E-state index contributed by atoms with van der Waals surface area (Å²) in [7, 11) is 2.04. The lowest BCUT2D eigenvalue weighted by atomic mass is 10.3. The van der Waals surface area contributed by atoms with Crippen LogP contribution < -0.4 is 17.0 Å². The molecular formula is C8H15ClN2. The molecule has 0 spiro atoms. The zero-order valence-corrected chi connectivity index (χ0v) is 8.04. The normalized spacial score (nSPS) is 12.3. The van der Waals surface area contributed by atoms with Gasteiger partial charge in [-0.25, -0.2) is 9.13 Å². The standard InChI is InChI=1S/C8H15N2.ClH/c1-4-8(2)10-6-5-9(3)7-10;/h5-8H,4H2,1-3H3;1H/q+1;/p-1. The van der Waals surface area contributed by atoms with Crippen LogP contribution in [0.3, 0.4) is 0 Å². The maximum atomic E-state index is 2.22. The van der Waals surface area contributed by atoms with Crippen molar-refractivity contribution in [2.75, 3.05) is 0 Å². The Hall–Kier alpha value is -0.500. The zero-order valence-electron chi connectivity index (χ0n) is 7.29. The number of hydrogen-bond donors (Lipinski definition) is 0. The summed E-state index contributed by atoms with van der Waals surface area (Å²) in [5.41, 5.74) is 0. The van der Waals surface area contributed by atoms with Crippen LogP contribution in [0.5, 0.6) is 0 Å². The molecule has 0 amide bonds. The van der Waals surface area contributed by atoms with E-state index in [9.17, 15) is 0 Å². The van der Waals surface area contributed by atoms with Gasteiger partial charge in [0.2, 0.25) is 6.33 Å². The number of hydrogen-bond acceptors (Lipinski definition) is 0. The lowest BCUT2D eigenvalue weighted by Gasteiger charge is -2.01. The van der Waals surface area contributed by atoms with Crippen LogP contribution in [0.4, 0.5) is 0 Å². The first kappa shape index (κ1) is 10.5. The van der Waals surface area contributed by atoms with E-state index in [1.54, 1.807) is 0 Å². The summed E-state index contributed by atoms with van der Waals surface area (Å²) >= 11 is 0. The lowest BCUT2D eigenvalue weighted by molar-refractivity contribution is -0.671. The van der Waals surface area contributed by atoms with E-state index in [2.05, 4.69) is 41.7 Å². The number of aryl methyl sites for hydroxylation is 1. The van der Waals surface area contributed by atoms with Crippen molar-refractivity contribution in [3.63, 3.8) is 0 Å². The monoisotopic (exact) mass is 174 g/mol. The second kappa shape index (κ2) is 4.39. The van der Waals surface area contributed by atoms with Gasteiger partial charge in [-0.1, -0.05) is 6.92 Å². The number of nitrogens with zero attached hydrogens (tertiary/aromatic N) is 2. The highest BCUT2D eigenvalue weighted by Gasteiger charge is 2.06. The van der Waals surface area contributed by atoms with Gasteiger partial charge in [0.25, 0.3) is 0 Å². The van der Waals surface area contributed by atoms with Crippen LogP contribution in [0, 0.1) is 0 Å². The first-order valence-corrected chi connectivity index (χ1v) is 3.76. The second-order valence-corrected chi connectivity index (χ2v) is 2.78. The molecule has 0 saturated carbocycles. The maximum Gasteiger partial charge on any atom is 0.243 e. The fourth-order valence-electron chi connectivity index (χ4n) is 0.941. The third-order valence-electron chi connectivity index (χ3n) is 1.89. The van der Waals surface area contributed by atoms with E-state index in [0.717, 1.165) is 0 Å². The molecule has 1 aromatic heterocycles. The average Bonchev–Trinajstić information content (AvgIpc) is 2.34. The van der Waals surface area contributed by atoms with E-state index in [-0.39, 0.29) is 12.4 Å². The van der Waals surface area contributed by atoms with Gasteiger partial charge in [-0.3, -0.25) is 0 Å². The van der Waals surface area contributed by atoms with Gasteiger partial charge in [-0.15, -0.1) is 0 Å². The molecule has 3 heteroatoms. The van der Waals surface area contributed by atoms with Gasteiger partial charge in [0.15, 0.2) is 0 Å². The van der Waals surface area contributed by atoms with Crippen molar-refractivity contribution in [2.45, 2.75) is 26.3 Å². The van der Waals surface area contributed by atoms with Crippen LogP contribution >= 0.6 is 0 Å². The van der Waals surface area contributed by atoms with Crippen molar-refractivity contribution in [3.8, 4) is 0 Å². The molecule has 1 heterocycles. The number of halogens is 1. The second-order valence-electron chi connectivity index (χ2n) is 2.78. The first-order chi connectivity index (χ1) is 4.74. The Bertz CT molecular complexity index is 208. The van der Waals surface area contributed by atoms with Crippen LogP contribution in [0.15, 0.2) is 18.7 Å². The Morgan fingerprint density at radius 3 is 2.55 bits per heavy atom. The minimum Gasteiger partial charge on any atom is -1.00 e. The SMILES string of the molecule is CCC(C)n1cc[n+](C)c1.[Cl-]. The quantitative estimate of drug-likeness (QED) is 0.473. The molecular weight excluding hydrogens is 160 g/mol.